The van der Waals surface area contributed by atoms with Crippen LogP contribution in [0.1, 0.15) is 19.1 Å². The summed E-state index contributed by atoms with van der Waals surface area (Å²) in [6.07, 6.45) is 2.59. The molecule has 0 radical (unpaired) electrons. The second-order valence-electron chi connectivity index (χ2n) is 4.35. The van der Waals surface area contributed by atoms with Gasteiger partial charge in [-0.15, -0.1) is 0 Å². The van der Waals surface area contributed by atoms with Crippen LogP contribution in [0, 0.1) is 0 Å². The molecule has 2 heterocycles. The molecule has 0 aliphatic rings. The highest BCUT2D eigenvalue weighted by molar-refractivity contribution is 5.54. The number of anilines is 2. The molecule has 0 unspecified atom stereocenters. The monoisotopic (exact) mass is 261 g/mol. The highest BCUT2D eigenvalue weighted by Gasteiger charge is 2.09. The molecule has 2 N–H and O–H groups in total. The van der Waals surface area contributed by atoms with E-state index in [1.54, 1.807) is 6.26 Å². The van der Waals surface area contributed by atoms with Crippen LogP contribution in [0.4, 0.5) is 11.5 Å². The average molecular weight is 261 g/mol. The molecular formula is C14H19N3O2. The normalized spacial score (nSPS) is 10.4. The van der Waals surface area contributed by atoms with Gasteiger partial charge in [-0.25, -0.2) is 0 Å². The molecular weight excluding hydrogens is 242 g/mol. The van der Waals surface area contributed by atoms with Crippen LogP contribution in [0.25, 0.3) is 0 Å². The van der Waals surface area contributed by atoms with Gasteiger partial charge in [0.2, 0.25) is 5.88 Å². The lowest BCUT2D eigenvalue weighted by atomic mass is 10.3. The molecule has 0 atom stereocenters. The first kappa shape index (κ1) is 13.3. The molecule has 2 aromatic heterocycles. The van der Waals surface area contributed by atoms with Crippen molar-refractivity contribution in [2.24, 2.45) is 0 Å². The summed E-state index contributed by atoms with van der Waals surface area (Å²) >= 11 is 0. The molecule has 0 saturated heterocycles. The van der Waals surface area contributed by atoms with Crippen LogP contribution in [0.5, 0.6) is 5.88 Å². The van der Waals surface area contributed by atoms with Crippen molar-refractivity contribution in [1.29, 1.82) is 0 Å². The molecule has 0 saturated carbocycles. The SMILES string of the molecule is CCCOc1nc(N(C)Cc2ccco2)ccc1N. The van der Waals surface area contributed by atoms with Crippen molar-refractivity contribution in [3.63, 3.8) is 0 Å². The Morgan fingerprint density at radius 1 is 1.37 bits per heavy atom. The minimum Gasteiger partial charge on any atom is -0.476 e. The van der Waals surface area contributed by atoms with Crippen molar-refractivity contribution < 1.29 is 9.15 Å². The standard InChI is InChI=1S/C14H19N3O2/c1-3-8-19-14-12(15)6-7-13(16-14)17(2)10-11-5-4-9-18-11/h4-7,9H,3,8,10,15H2,1-2H3. The van der Waals surface area contributed by atoms with Gasteiger partial charge in [0.25, 0.3) is 0 Å². The van der Waals surface area contributed by atoms with Crippen LogP contribution in [0.15, 0.2) is 34.9 Å². The Morgan fingerprint density at radius 3 is 2.89 bits per heavy atom. The lowest BCUT2D eigenvalue weighted by Gasteiger charge is -2.18. The van der Waals surface area contributed by atoms with Gasteiger partial charge in [-0.3, -0.25) is 0 Å². The van der Waals surface area contributed by atoms with Crippen molar-refractivity contribution in [2.75, 3.05) is 24.3 Å². The number of nitrogens with zero attached hydrogens (tertiary/aromatic N) is 2. The van der Waals surface area contributed by atoms with Gasteiger partial charge in [-0.05, 0) is 30.7 Å². The Bertz CT molecular complexity index is 511. The molecule has 5 heteroatoms. The van der Waals surface area contributed by atoms with E-state index in [0.717, 1.165) is 18.0 Å². The molecule has 2 rings (SSSR count). The van der Waals surface area contributed by atoms with Crippen LogP contribution >= 0.6 is 0 Å². The second-order valence-corrected chi connectivity index (χ2v) is 4.35. The molecule has 0 aromatic carbocycles. The van der Waals surface area contributed by atoms with Crippen molar-refractivity contribution in [2.45, 2.75) is 19.9 Å². The van der Waals surface area contributed by atoms with Crippen LogP contribution in [0.2, 0.25) is 0 Å². The van der Waals surface area contributed by atoms with Gasteiger partial charge >= 0.3 is 0 Å². The molecule has 102 valence electrons. The largest absolute Gasteiger partial charge is 0.476 e. The smallest absolute Gasteiger partial charge is 0.239 e. The Labute approximate surface area is 113 Å². The number of furan rings is 1. The summed E-state index contributed by atoms with van der Waals surface area (Å²) < 4.78 is 10.8. The number of aromatic nitrogens is 1. The van der Waals surface area contributed by atoms with Gasteiger partial charge in [0.15, 0.2) is 0 Å². The van der Waals surface area contributed by atoms with E-state index >= 15 is 0 Å². The predicted molar refractivity (Wildman–Crippen MR) is 75.3 cm³/mol. The van der Waals surface area contributed by atoms with Crippen molar-refractivity contribution in [1.82, 2.24) is 4.98 Å². The topological polar surface area (TPSA) is 64.5 Å². The maximum absolute atomic E-state index is 5.84. The van der Waals surface area contributed by atoms with Crippen LogP contribution < -0.4 is 15.4 Å². The number of hydrogen-bond acceptors (Lipinski definition) is 5. The summed E-state index contributed by atoms with van der Waals surface area (Å²) in [4.78, 5) is 6.41. The van der Waals surface area contributed by atoms with Crippen molar-refractivity contribution in [3.8, 4) is 5.88 Å². The van der Waals surface area contributed by atoms with Gasteiger partial charge in [-0.1, -0.05) is 6.92 Å². The van der Waals surface area contributed by atoms with E-state index in [4.69, 9.17) is 14.9 Å². The number of ether oxygens (including phenoxy) is 1. The summed E-state index contributed by atoms with van der Waals surface area (Å²) in [5.74, 6) is 2.18. The number of nitrogen functional groups attached to an aromatic ring is 1. The zero-order chi connectivity index (χ0) is 13.7. The minimum atomic E-state index is 0.491. The van der Waals surface area contributed by atoms with E-state index in [1.165, 1.54) is 0 Å². The van der Waals surface area contributed by atoms with Gasteiger partial charge in [0, 0.05) is 7.05 Å². The Morgan fingerprint density at radius 2 is 2.21 bits per heavy atom. The highest BCUT2D eigenvalue weighted by Crippen LogP contribution is 2.23. The first-order chi connectivity index (χ1) is 9.20. The zero-order valence-electron chi connectivity index (χ0n) is 11.3. The van der Waals surface area contributed by atoms with Gasteiger partial charge in [0.1, 0.15) is 11.6 Å². The van der Waals surface area contributed by atoms with E-state index in [1.807, 2.05) is 43.1 Å². The first-order valence-corrected chi connectivity index (χ1v) is 6.33. The molecule has 0 spiro atoms. The molecule has 0 amide bonds. The van der Waals surface area contributed by atoms with E-state index in [2.05, 4.69) is 4.98 Å². The van der Waals surface area contributed by atoms with Crippen molar-refractivity contribution in [3.05, 3.63) is 36.3 Å². The van der Waals surface area contributed by atoms with Crippen LogP contribution in [-0.2, 0) is 6.54 Å². The third-order valence-electron chi connectivity index (χ3n) is 2.68. The third kappa shape index (κ3) is 3.40. The molecule has 0 aliphatic heterocycles. The number of nitrogens with two attached hydrogens (primary N) is 1. The van der Waals surface area contributed by atoms with Gasteiger partial charge in [0.05, 0.1) is 25.1 Å². The number of rotatable bonds is 6. The number of hydrogen-bond donors (Lipinski definition) is 1. The Hall–Kier alpha value is -2.17. The van der Waals surface area contributed by atoms with Gasteiger partial charge in [-0.2, -0.15) is 4.98 Å². The maximum atomic E-state index is 5.84. The summed E-state index contributed by atoms with van der Waals surface area (Å²) in [5, 5.41) is 0. The lowest BCUT2D eigenvalue weighted by molar-refractivity contribution is 0.307. The summed E-state index contributed by atoms with van der Waals surface area (Å²) in [6, 6.07) is 7.49. The molecule has 19 heavy (non-hydrogen) atoms. The first-order valence-electron chi connectivity index (χ1n) is 6.33. The van der Waals surface area contributed by atoms with Crippen LogP contribution in [0.3, 0.4) is 0 Å². The summed E-state index contributed by atoms with van der Waals surface area (Å²) in [5.41, 5.74) is 6.40. The summed E-state index contributed by atoms with van der Waals surface area (Å²) in [7, 11) is 1.95. The Balaban J connectivity index is 2.10. The fourth-order valence-electron chi connectivity index (χ4n) is 1.69. The highest BCUT2D eigenvalue weighted by atomic mass is 16.5. The van der Waals surface area contributed by atoms with E-state index in [-0.39, 0.29) is 0 Å². The lowest BCUT2D eigenvalue weighted by Crippen LogP contribution is -2.17. The molecule has 5 nitrogen and oxygen atoms in total. The predicted octanol–water partition coefficient (Wildman–Crippen LogP) is 2.68. The summed E-state index contributed by atoms with van der Waals surface area (Å²) in [6.45, 7) is 3.31. The fourth-order valence-corrected chi connectivity index (χ4v) is 1.69. The Kier molecular flexibility index (Phi) is 4.28. The second kappa shape index (κ2) is 6.13. The fraction of sp³-hybridized carbons (Fsp3) is 0.357. The minimum absolute atomic E-state index is 0.491. The van der Waals surface area contributed by atoms with Gasteiger partial charge < -0.3 is 19.8 Å². The third-order valence-corrected chi connectivity index (χ3v) is 2.68. The number of pyridine rings is 1. The molecule has 2 aromatic rings. The average Bonchev–Trinajstić information content (AvgIpc) is 2.90. The van der Waals surface area contributed by atoms with Crippen molar-refractivity contribution >= 4 is 11.5 Å². The molecule has 0 aliphatic carbocycles. The van der Waals surface area contributed by atoms with E-state index in [9.17, 15) is 0 Å². The molecule has 0 bridgehead atoms. The van der Waals surface area contributed by atoms with Crippen LogP contribution in [-0.4, -0.2) is 18.6 Å². The maximum Gasteiger partial charge on any atom is 0.239 e. The zero-order valence-corrected chi connectivity index (χ0v) is 11.3. The van der Waals surface area contributed by atoms with E-state index < -0.39 is 0 Å². The van der Waals surface area contributed by atoms with E-state index in [0.29, 0.717) is 24.7 Å². The quantitative estimate of drug-likeness (QED) is 0.866. The molecule has 0 fully saturated rings.